The first-order valence-corrected chi connectivity index (χ1v) is 9.89. The van der Waals surface area contributed by atoms with E-state index in [1.807, 2.05) is 0 Å². The van der Waals surface area contributed by atoms with Crippen molar-refractivity contribution in [2.75, 3.05) is 31.7 Å². The summed E-state index contributed by atoms with van der Waals surface area (Å²) in [6, 6.07) is 4.40. The van der Waals surface area contributed by atoms with Crippen molar-refractivity contribution < 1.29 is 17.5 Å². The number of rotatable bonds is 3. The minimum Gasteiger partial charge on any atom is -0.493 e. The summed E-state index contributed by atoms with van der Waals surface area (Å²) in [5.74, 6) is 1.55. The summed E-state index contributed by atoms with van der Waals surface area (Å²) in [7, 11) is -1.22. The Morgan fingerprint density at radius 2 is 2.20 bits per heavy atom. The molecule has 3 rings (SSSR count). The van der Waals surface area contributed by atoms with Gasteiger partial charge in [0.05, 0.1) is 24.2 Å². The molecule has 2 aliphatic heterocycles. The van der Waals surface area contributed by atoms with Crippen LogP contribution in [0.15, 0.2) is 23.2 Å². The number of nitrogens with one attached hydrogen (secondary N) is 2. The van der Waals surface area contributed by atoms with Gasteiger partial charge in [0.2, 0.25) is 0 Å². The summed E-state index contributed by atoms with van der Waals surface area (Å²) in [6.45, 7) is 1.10. The fourth-order valence-electron chi connectivity index (χ4n) is 3.15. The Morgan fingerprint density at radius 1 is 1.40 bits per heavy atom. The maximum Gasteiger partial charge on any atom is 0.191 e. The van der Waals surface area contributed by atoms with E-state index in [1.165, 1.54) is 12.1 Å². The summed E-state index contributed by atoms with van der Waals surface area (Å²) in [5, 5.41) is 6.46. The molecule has 140 valence electrons. The number of sulfone groups is 1. The molecule has 1 saturated heterocycles. The molecule has 0 spiro atoms. The minimum atomic E-state index is -2.88. The second kappa shape index (κ2) is 8.52. The summed E-state index contributed by atoms with van der Waals surface area (Å²) in [5.41, 5.74) is 0.771. The first kappa shape index (κ1) is 20.2. The quantitative estimate of drug-likeness (QED) is 0.390. The van der Waals surface area contributed by atoms with Crippen LogP contribution in [0.3, 0.4) is 0 Å². The van der Waals surface area contributed by atoms with Crippen LogP contribution in [0.4, 0.5) is 4.39 Å². The highest BCUT2D eigenvalue weighted by molar-refractivity contribution is 14.0. The Balaban J connectivity index is 0.00000225. The van der Waals surface area contributed by atoms with Crippen LogP contribution in [-0.4, -0.2) is 46.1 Å². The number of benzene rings is 1. The molecule has 2 atom stereocenters. The molecule has 2 aliphatic rings. The lowest BCUT2D eigenvalue weighted by Gasteiger charge is -2.28. The van der Waals surface area contributed by atoms with E-state index in [0.717, 1.165) is 5.56 Å². The Kier molecular flexibility index (Phi) is 6.89. The van der Waals surface area contributed by atoms with E-state index >= 15 is 0 Å². The fraction of sp³-hybridized carbons (Fsp3) is 0.562. The molecule has 0 aromatic heterocycles. The average molecular weight is 483 g/mol. The van der Waals surface area contributed by atoms with Crippen molar-refractivity contribution in [2.45, 2.75) is 18.9 Å². The maximum atomic E-state index is 13.5. The first-order valence-electron chi connectivity index (χ1n) is 8.07. The monoisotopic (exact) mass is 483 g/mol. The van der Waals surface area contributed by atoms with Gasteiger partial charge >= 0.3 is 0 Å². The maximum absolute atomic E-state index is 13.5. The predicted molar refractivity (Wildman–Crippen MR) is 106 cm³/mol. The number of halogens is 2. The Labute approximate surface area is 164 Å². The van der Waals surface area contributed by atoms with Crippen LogP contribution in [-0.2, 0) is 9.84 Å². The van der Waals surface area contributed by atoms with Gasteiger partial charge in [-0.15, -0.1) is 24.0 Å². The second-order valence-electron chi connectivity index (χ2n) is 6.24. The second-order valence-corrected chi connectivity index (χ2v) is 8.47. The van der Waals surface area contributed by atoms with Gasteiger partial charge in [-0.1, -0.05) is 0 Å². The van der Waals surface area contributed by atoms with Gasteiger partial charge in [0, 0.05) is 25.6 Å². The largest absolute Gasteiger partial charge is 0.493 e. The van der Waals surface area contributed by atoms with Gasteiger partial charge in [-0.3, -0.25) is 4.99 Å². The number of guanidine groups is 1. The molecule has 25 heavy (non-hydrogen) atoms. The van der Waals surface area contributed by atoms with Crippen LogP contribution in [0.2, 0.25) is 0 Å². The summed E-state index contributed by atoms with van der Waals surface area (Å²) in [6.07, 6.45) is 1.38. The Bertz CT molecular complexity index is 742. The van der Waals surface area contributed by atoms with E-state index < -0.39 is 9.84 Å². The molecule has 1 aromatic rings. The van der Waals surface area contributed by atoms with Crippen LogP contribution < -0.4 is 15.4 Å². The number of ether oxygens (including phenoxy) is 1. The molecular formula is C16H23FIN3O3S. The lowest BCUT2D eigenvalue weighted by molar-refractivity contribution is 0.260. The average Bonchev–Trinajstić information content (AvgIpc) is 2.90. The molecule has 0 radical (unpaired) electrons. The highest BCUT2D eigenvalue weighted by Crippen LogP contribution is 2.32. The third-order valence-electron chi connectivity index (χ3n) is 4.43. The van der Waals surface area contributed by atoms with E-state index in [9.17, 15) is 12.8 Å². The molecule has 2 heterocycles. The van der Waals surface area contributed by atoms with E-state index in [4.69, 9.17) is 4.74 Å². The normalized spacial score (nSPS) is 24.6. The molecule has 2 N–H and O–H groups in total. The molecule has 1 aromatic carbocycles. The van der Waals surface area contributed by atoms with Crippen molar-refractivity contribution in [1.29, 1.82) is 0 Å². The molecular weight excluding hydrogens is 460 g/mol. The number of hydrogen-bond acceptors (Lipinski definition) is 4. The van der Waals surface area contributed by atoms with Gasteiger partial charge in [-0.25, -0.2) is 12.8 Å². The Hall–Kier alpha value is -1.10. The predicted octanol–water partition coefficient (Wildman–Crippen LogP) is 1.87. The topological polar surface area (TPSA) is 79.8 Å². The number of hydrogen-bond donors (Lipinski definition) is 2. The fourth-order valence-corrected chi connectivity index (χ4v) is 5.01. The zero-order valence-electron chi connectivity index (χ0n) is 14.0. The molecule has 0 bridgehead atoms. The van der Waals surface area contributed by atoms with Gasteiger partial charge in [-0.2, -0.15) is 0 Å². The first-order chi connectivity index (χ1) is 11.5. The Morgan fingerprint density at radius 3 is 2.88 bits per heavy atom. The summed E-state index contributed by atoms with van der Waals surface area (Å²) >= 11 is 0. The summed E-state index contributed by atoms with van der Waals surface area (Å²) < 4.78 is 42.1. The van der Waals surface area contributed by atoms with Crippen molar-refractivity contribution in [2.24, 2.45) is 10.9 Å². The van der Waals surface area contributed by atoms with Gasteiger partial charge in [0.1, 0.15) is 11.6 Å². The smallest absolute Gasteiger partial charge is 0.191 e. The van der Waals surface area contributed by atoms with E-state index in [0.29, 0.717) is 37.7 Å². The molecule has 1 fully saturated rings. The standard InChI is InChI=1S/C16H22FN3O3S.HI/c1-18-16(19-9-11-5-7-24(21,22)10-11)20-14-4-6-23-15-3-2-12(17)8-13(14)15;/h2-3,8,11,14H,4-7,9-10H2,1H3,(H2,18,19,20);1H. The van der Waals surface area contributed by atoms with Crippen molar-refractivity contribution in [1.82, 2.24) is 10.6 Å². The minimum absolute atomic E-state index is 0. The lowest BCUT2D eigenvalue weighted by Crippen LogP contribution is -2.43. The van der Waals surface area contributed by atoms with Crippen molar-refractivity contribution in [3.63, 3.8) is 0 Å². The van der Waals surface area contributed by atoms with Gasteiger partial charge < -0.3 is 15.4 Å². The van der Waals surface area contributed by atoms with Crippen LogP contribution in [0.25, 0.3) is 0 Å². The highest BCUT2D eigenvalue weighted by Gasteiger charge is 2.28. The number of aliphatic imine (C=N–C) groups is 1. The van der Waals surface area contributed by atoms with Crippen molar-refractivity contribution in [3.05, 3.63) is 29.6 Å². The van der Waals surface area contributed by atoms with Crippen LogP contribution in [0.1, 0.15) is 24.4 Å². The van der Waals surface area contributed by atoms with E-state index in [1.54, 1.807) is 13.1 Å². The highest BCUT2D eigenvalue weighted by atomic mass is 127. The molecule has 0 saturated carbocycles. The zero-order valence-corrected chi connectivity index (χ0v) is 17.1. The van der Waals surface area contributed by atoms with Gasteiger partial charge in [0.25, 0.3) is 0 Å². The SMILES string of the molecule is CN=C(NCC1CCS(=O)(=O)C1)NC1CCOc2ccc(F)cc21.I. The van der Waals surface area contributed by atoms with Crippen LogP contribution >= 0.6 is 24.0 Å². The summed E-state index contributed by atoms with van der Waals surface area (Å²) in [4.78, 5) is 4.19. The molecule has 0 amide bonds. The van der Waals surface area contributed by atoms with Crippen LogP contribution in [0, 0.1) is 11.7 Å². The third-order valence-corrected chi connectivity index (χ3v) is 6.27. The van der Waals surface area contributed by atoms with Gasteiger partial charge in [-0.05, 0) is 30.5 Å². The zero-order chi connectivity index (χ0) is 17.2. The van der Waals surface area contributed by atoms with Crippen LogP contribution in [0.5, 0.6) is 5.75 Å². The van der Waals surface area contributed by atoms with Gasteiger partial charge in [0.15, 0.2) is 15.8 Å². The molecule has 9 heteroatoms. The molecule has 2 unspecified atom stereocenters. The van der Waals surface area contributed by atoms with Crippen molar-refractivity contribution >= 4 is 39.8 Å². The number of fused-ring (bicyclic) bond motifs is 1. The van der Waals surface area contributed by atoms with Crippen molar-refractivity contribution in [3.8, 4) is 5.75 Å². The molecule has 6 nitrogen and oxygen atoms in total. The third kappa shape index (κ3) is 5.19. The lowest BCUT2D eigenvalue weighted by atomic mass is 10.0. The number of nitrogens with zero attached hydrogens (tertiary/aromatic N) is 1. The van der Waals surface area contributed by atoms with E-state index in [-0.39, 0.29) is 53.3 Å². The van der Waals surface area contributed by atoms with E-state index in [2.05, 4.69) is 15.6 Å². The molecule has 0 aliphatic carbocycles.